The Morgan fingerprint density at radius 3 is 2.67 bits per heavy atom. The van der Waals surface area contributed by atoms with Gasteiger partial charge in [0.15, 0.2) is 17.2 Å². The molecule has 0 spiro atoms. The van der Waals surface area contributed by atoms with E-state index in [1.807, 2.05) is 18.2 Å². The average molecular weight is 397 g/mol. The van der Waals surface area contributed by atoms with E-state index < -0.39 is 0 Å². The number of ether oxygens (including phenoxy) is 2. The summed E-state index contributed by atoms with van der Waals surface area (Å²) in [5.74, 6) is 2.09. The first-order valence-corrected chi connectivity index (χ1v) is 8.88. The maximum absolute atomic E-state index is 6.05. The second kappa shape index (κ2) is 10.9. The molecule has 2 heterocycles. The molecule has 0 atom stereocenters. The van der Waals surface area contributed by atoms with Crippen molar-refractivity contribution in [2.75, 3.05) is 38.7 Å². The van der Waals surface area contributed by atoms with Crippen LogP contribution in [-0.2, 0) is 0 Å². The summed E-state index contributed by atoms with van der Waals surface area (Å²) in [5.41, 5.74) is 1.92. The summed E-state index contributed by atoms with van der Waals surface area (Å²) in [7, 11) is 4.18. The predicted molar refractivity (Wildman–Crippen MR) is 110 cm³/mol. The lowest BCUT2D eigenvalue weighted by molar-refractivity contribution is 0.292. The third-order valence-corrected chi connectivity index (χ3v) is 4.13. The molecule has 27 heavy (non-hydrogen) atoms. The van der Waals surface area contributed by atoms with Crippen molar-refractivity contribution >= 4 is 23.8 Å². The fraction of sp³-hybridized carbons (Fsp3) is 0.474. The van der Waals surface area contributed by atoms with Crippen LogP contribution in [0.15, 0.2) is 30.5 Å². The number of para-hydroxylation sites is 2. The highest BCUT2D eigenvalue weighted by molar-refractivity contribution is 5.85. The van der Waals surface area contributed by atoms with Crippen LogP contribution >= 0.6 is 12.4 Å². The van der Waals surface area contributed by atoms with Crippen LogP contribution in [0, 0.1) is 0 Å². The van der Waals surface area contributed by atoms with Crippen LogP contribution in [0.1, 0.15) is 26.2 Å². The largest absolute Gasteiger partial charge is 0.475 e. The molecule has 0 saturated heterocycles. The number of rotatable bonds is 8. The van der Waals surface area contributed by atoms with Gasteiger partial charge in [-0.15, -0.1) is 17.5 Å². The van der Waals surface area contributed by atoms with Gasteiger partial charge in [-0.1, -0.05) is 25.5 Å². The smallest absolute Gasteiger partial charge is 0.261 e. The molecule has 1 aliphatic rings. The molecule has 0 fully saturated rings. The number of benzene rings is 1. The van der Waals surface area contributed by atoms with Crippen LogP contribution < -0.4 is 14.4 Å². The minimum absolute atomic E-state index is 0. The van der Waals surface area contributed by atoms with Gasteiger partial charge in [0.05, 0.1) is 18.5 Å². The monoisotopic (exact) mass is 396 g/mol. The van der Waals surface area contributed by atoms with Gasteiger partial charge in [-0.25, -0.2) is 0 Å². The number of nitrogens with zero attached hydrogens (tertiary/aromatic N) is 4. The Morgan fingerprint density at radius 1 is 1.15 bits per heavy atom. The Kier molecular flexibility index (Phi) is 9.28. The molecular weight excluding hydrogens is 368 g/mol. The molecule has 150 valence electrons. The van der Waals surface area contributed by atoms with Crippen molar-refractivity contribution in [3.63, 3.8) is 0 Å². The second-order valence-electron chi connectivity index (χ2n) is 6.44. The normalized spacial score (nSPS) is 11.6. The van der Waals surface area contributed by atoms with E-state index >= 15 is 0 Å². The quantitative estimate of drug-likeness (QED) is 0.635. The molecule has 0 bridgehead atoms. The van der Waals surface area contributed by atoms with Crippen molar-refractivity contribution in [1.29, 1.82) is 0 Å². The van der Waals surface area contributed by atoms with Gasteiger partial charge in [-0.05, 0) is 45.6 Å². The second-order valence-corrected chi connectivity index (χ2v) is 6.44. The minimum atomic E-state index is 0. The fourth-order valence-corrected chi connectivity index (χ4v) is 2.86. The van der Waals surface area contributed by atoms with Crippen LogP contribution in [0.25, 0.3) is 0 Å². The van der Waals surface area contributed by atoms with Crippen LogP contribution in [0.4, 0.5) is 11.4 Å². The Hall–Kier alpha value is -2.09. The van der Waals surface area contributed by atoms with Crippen LogP contribution in [0.2, 0.25) is 0 Å². The van der Waals surface area contributed by atoms with Gasteiger partial charge in [-0.2, -0.15) is 5.10 Å². The molecule has 1 aliphatic heterocycles. The number of anilines is 2. The number of hydrogen-bond acceptors (Lipinski definition) is 6. The molecule has 1 aromatic carbocycles. The fourth-order valence-electron chi connectivity index (χ4n) is 2.86. The first-order chi connectivity index (χ1) is 12.2. The van der Waals surface area contributed by atoms with Crippen molar-refractivity contribution < 1.29 is 14.9 Å². The molecule has 2 aromatic rings. The molecule has 0 aliphatic carbocycles. The molecule has 2 N–H and O–H groups in total. The number of halogens is 1. The van der Waals surface area contributed by atoms with Crippen molar-refractivity contribution in [1.82, 2.24) is 15.1 Å². The molecule has 0 unspecified atom stereocenters. The topological polar surface area (TPSA) is 82.2 Å². The molecular formula is C19H29ClN4O3. The molecule has 7 nitrogen and oxygen atoms in total. The Bertz CT molecular complexity index is 715. The first-order valence-electron chi connectivity index (χ1n) is 8.88. The van der Waals surface area contributed by atoms with Crippen molar-refractivity contribution in [2.45, 2.75) is 26.2 Å². The van der Waals surface area contributed by atoms with Gasteiger partial charge >= 0.3 is 0 Å². The predicted octanol–water partition coefficient (Wildman–Crippen LogP) is 3.45. The lowest BCUT2D eigenvalue weighted by Gasteiger charge is -2.33. The minimum Gasteiger partial charge on any atom is -0.475 e. The zero-order valence-electron chi connectivity index (χ0n) is 16.1. The Labute approximate surface area is 167 Å². The zero-order chi connectivity index (χ0) is 17.6. The van der Waals surface area contributed by atoms with Crippen molar-refractivity contribution in [3.8, 4) is 17.4 Å². The van der Waals surface area contributed by atoms with Gasteiger partial charge in [-0.3, -0.25) is 0 Å². The van der Waals surface area contributed by atoms with Crippen LogP contribution in [-0.4, -0.2) is 54.4 Å². The van der Waals surface area contributed by atoms with E-state index in [2.05, 4.69) is 47.1 Å². The zero-order valence-corrected chi connectivity index (χ0v) is 17.0. The van der Waals surface area contributed by atoms with Crippen LogP contribution in [0.5, 0.6) is 17.4 Å². The highest BCUT2D eigenvalue weighted by atomic mass is 35.5. The summed E-state index contributed by atoms with van der Waals surface area (Å²) < 4.78 is 12.0. The van der Waals surface area contributed by atoms with Gasteiger partial charge in [0, 0.05) is 6.54 Å². The summed E-state index contributed by atoms with van der Waals surface area (Å²) in [4.78, 5) is 4.43. The maximum Gasteiger partial charge on any atom is 0.261 e. The first kappa shape index (κ1) is 23.0. The third-order valence-electron chi connectivity index (χ3n) is 4.13. The average Bonchev–Trinajstić information content (AvgIpc) is 2.61. The molecule has 8 heteroatoms. The lowest BCUT2D eigenvalue weighted by atomic mass is 10.2. The summed E-state index contributed by atoms with van der Waals surface area (Å²) in [6.07, 6.45) is 4.76. The van der Waals surface area contributed by atoms with E-state index in [4.69, 9.17) is 9.47 Å². The highest BCUT2D eigenvalue weighted by Crippen LogP contribution is 2.49. The molecule has 0 radical (unpaired) electrons. The molecule has 0 amide bonds. The maximum atomic E-state index is 6.05. The molecule has 0 saturated carbocycles. The lowest BCUT2D eigenvalue weighted by Crippen LogP contribution is -2.26. The molecule has 1 aromatic heterocycles. The van der Waals surface area contributed by atoms with E-state index in [0.717, 1.165) is 49.5 Å². The van der Waals surface area contributed by atoms with E-state index in [-0.39, 0.29) is 17.9 Å². The summed E-state index contributed by atoms with van der Waals surface area (Å²) >= 11 is 0. The third kappa shape index (κ3) is 5.45. The van der Waals surface area contributed by atoms with Crippen molar-refractivity contribution in [3.05, 3.63) is 30.5 Å². The Morgan fingerprint density at radius 2 is 1.93 bits per heavy atom. The van der Waals surface area contributed by atoms with Gasteiger partial charge in [0.1, 0.15) is 0 Å². The van der Waals surface area contributed by atoms with E-state index in [9.17, 15) is 0 Å². The standard InChI is InChI=1S/C19H26N4O2.ClH.H2O/c1-4-5-13-24-19-18-17(14-20-21-19)25-16-10-7-6-9-15(16)23(18)12-8-11-22(2)3;;/h6-7,9-10,14H,4-5,8,11-13H2,1-3H3;1H;1H2. The van der Waals surface area contributed by atoms with Crippen molar-refractivity contribution in [2.24, 2.45) is 0 Å². The van der Waals surface area contributed by atoms with Gasteiger partial charge < -0.3 is 24.7 Å². The summed E-state index contributed by atoms with van der Waals surface area (Å²) in [5, 5.41) is 8.28. The number of unbranched alkanes of at least 4 members (excludes halogenated alkanes) is 1. The number of fused-ring (bicyclic) bond motifs is 2. The molecule has 3 rings (SSSR count). The van der Waals surface area contributed by atoms with Gasteiger partial charge in [0.2, 0.25) is 0 Å². The van der Waals surface area contributed by atoms with E-state index in [1.165, 1.54) is 0 Å². The Balaban J connectivity index is 0.00000182. The van der Waals surface area contributed by atoms with E-state index in [0.29, 0.717) is 18.2 Å². The van der Waals surface area contributed by atoms with Crippen LogP contribution in [0.3, 0.4) is 0 Å². The number of aromatic nitrogens is 2. The summed E-state index contributed by atoms with van der Waals surface area (Å²) in [6.45, 7) is 4.65. The number of hydrogen-bond donors (Lipinski definition) is 0. The van der Waals surface area contributed by atoms with E-state index in [1.54, 1.807) is 6.20 Å². The SMILES string of the molecule is CCCCOc1nncc2c1N(CCCN(C)C)c1ccccc1O2.Cl.O. The highest BCUT2D eigenvalue weighted by Gasteiger charge is 2.28. The summed E-state index contributed by atoms with van der Waals surface area (Å²) in [6, 6.07) is 8.06. The van der Waals surface area contributed by atoms with Gasteiger partial charge in [0.25, 0.3) is 5.88 Å².